The molecular formula is C16H15FN2O. The molecule has 0 radical (unpaired) electrons. The third kappa shape index (κ3) is 2.56. The van der Waals surface area contributed by atoms with Gasteiger partial charge in [0, 0.05) is 17.8 Å². The van der Waals surface area contributed by atoms with Gasteiger partial charge in [0.1, 0.15) is 5.82 Å². The van der Waals surface area contributed by atoms with Crippen LogP contribution in [0, 0.1) is 5.82 Å². The fourth-order valence-electron chi connectivity index (χ4n) is 2.48. The predicted molar refractivity (Wildman–Crippen MR) is 76.2 cm³/mol. The van der Waals surface area contributed by atoms with Crippen LogP contribution in [0.3, 0.4) is 0 Å². The Hall–Kier alpha value is -2.20. The van der Waals surface area contributed by atoms with E-state index in [9.17, 15) is 9.18 Å². The minimum absolute atomic E-state index is 0.143. The van der Waals surface area contributed by atoms with Crippen LogP contribution in [0.4, 0.5) is 10.1 Å². The van der Waals surface area contributed by atoms with E-state index in [1.807, 2.05) is 18.2 Å². The van der Waals surface area contributed by atoms with Gasteiger partial charge in [-0.25, -0.2) is 4.39 Å². The number of rotatable bonds is 2. The SMILES string of the molecule is O=C(Nc1ccc(F)cc1)c1cccc2c1CCNC2. The molecule has 0 bridgehead atoms. The molecule has 2 aromatic rings. The molecule has 3 rings (SSSR count). The van der Waals surface area contributed by atoms with E-state index >= 15 is 0 Å². The van der Waals surface area contributed by atoms with E-state index in [0.29, 0.717) is 11.3 Å². The summed E-state index contributed by atoms with van der Waals surface area (Å²) in [5.74, 6) is -0.457. The summed E-state index contributed by atoms with van der Waals surface area (Å²) in [7, 11) is 0. The van der Waals surface area contributed by atoms with Crippen LogP contribution < -0.4 is 10.6 Å². The number of fused-ring (bicyclic) bond motifs is 1. The fraction of sp³-hybridized carbons (Fsp3) is 0.188. The zero-order chi connectivity index (χ0) is 13.9. The van der Waals surface area contributed by atoms with Gasteiger partial charge in [0.15, 0.2) is 0 Å². The van der Waals surface area contributed by atoms with Gasteiger partial charge in [-0.05, 0) is 54.4 Å². The minimum Gasteiger partial charge on any atom is -0.322 e. The van der Waals surface area contributed by atoms with Crippen LogP contribution in [0.2, 0.25) is 0 Å². The van der Waals surface area contributed by atoms with Crippen LogP contribution in [0.25, 0.3) is 0 Å². The van der Waals surface area contributed by atoms with Gasteiger partial charge < -0.3 is 10.6 Å². The van der Waals surface area contributed by atoms with Crippen molar-refractivity contribution in [2.75, 3.05) is 11.9 Å². The molecule has 3 nitrogen and oxygen atoms in total. The van der Waals surface area contributed by atoms with Crippen molar-refractivity contribution in [1.82, 2.24) is 5.32 Å². The van der Waals surface area contributed by atoms with E-state index in [1.54, 1.807) is 12.1 Å². The summed E-state index contributed by atoms with van der Waals surface area (Å²) in [6.45, 7) is 1.68. The van der Waals surface area contributed by atoms with Gasteiger partial charge in [-0.2, -0.15) is 0 Å². The second kappa shape index (κ2) is 5.43. The average molecular weight is 270 g/mol. The second-order valence-electron chi connectivity index (χ2n) is 4.83. The van der Waals surface area contributed by atoms with Crippen LogP contribution in [0.15, 0.2) is 42.5 Å². The van der Waals surface area contributed by atoms with Gasteiger partial charge in [0.25, 0.3) is 5.91 Å². The number of hydrogen-bond acceptors (Lipinski definition) is 2. The van der Waals surface area contributed by atoms with E-state index in [-0.39, 0.29) is 11.7 Å². The molecule has 0 unspecified atom stereocenters. The molecule has 0 atom stereocenters. The average Bonchev–Trinajstić information content (AvgIpc) is 2.49. The molecular weight excluding hydrogens is 255 g/mol. The standard InChI is InChI=1S/C16H15FN2O/c17-12-4-6-13(7-5-12)19-16(20)15-3-1-2-11-10-18-9-8-14(11)15/h1-7,18H,8-10H2,(H,19,20). The first kappa shape index (κ1) is 12.8. The van der Waals surface area contributed by atoms with E-state index < -0.39 is 0 Å². The summed E-state index contributed by atoms with van der Waals surface area (Å²) in [5, 5.41) is 6.10. The molecule has 4 heteroatoms. The minimum atomic E-state index is -0.314. The Bertz CT molecular complexity index is 637. The smallest absolute Gasteiger partial charge is 0.255 e. The summed E-state index contributed by atoms with van der Waals surface area (Å²) < 4.78 is 12.9. The number of carbonyl (C=O) groups is 1. The quantitative estimate of drug-likeness (QED) is 0.881. The molecule has 0 aromatic heterocycles. The van der Waals surface area contributed by atoms with Gasteiger partial charge >= 0.3 is 0 Å². The van der Waals surface area contributed by atoms with E-state index in [1.165, 1.54) is 17.7 Å². The first-order valence-corrected chi connectivity index (χ1v) is 6.62. The highest BCUT2D eigenvalue weighted by atomic mass is 19.1. The molecule has 2 aromatic carbocycles. The van der Waals surface area contributed by atoms with Crippen LogP contribution in [-0.2, 0) is 13.0 Å². The zero-order valence-corrected chi connectivity index (χ0v) is 10.9. The maximum atomic E-state index is 12.9. The zero-order valence-electron chi connectivity index (χ0n) is 10.9. The molecule has 0 aliphatic carbocycles. The largest absolute Gasteiger partial charge is 0.322 e. The lowest BCUT2D eigenvalue weighted by Gasteiger charge is -2.19. The summed E-state index contributed by atoms with van der Waals surface area (Å²) in [6.07, 6.45) is 0.850. The summed E-state index contributed by atoms with van der Waals surface area (Å²) in [5.41, 5.74) is 3.57. The lowest BCUT2D eigenvalue weighted by Crippen LogP contribution is -2.26. The van der Waals surface area contributed by atoms with Gasteiger partial charge in [-0.3, -0.25) is 4.79 Å². The molecule has 1 amide bonds. The summed E-state index contributed by atoms with van der Waals surface area (Å²) >= 11 is 0. The molecule has 1 aliphatic rings. The number of anilines is 1. The lowest BCUT2D eigenvalue weighted by molar-refractivity contribution is 0.102. The van der Waals surface area contributed by atoms with Crippen molar-refractivity contribution in [2.24, 2.45) is 0 Å². The molecule has 0 saturated heterocycles. The van der Waals surface area contributed by atoms with E-state index in [2.05, 4.69) is 10.6 Å². The number of benzene rings is 2. The Morgan fingerprint density at radius 3 is 2.75 bits per heavy atom. The molecule has 0 fully saturated rings. The molecule has 0 spiro atoms. The third-order valence-electron chi connectivity index (χ3n) is 3.49. The molecule has 1 heterocycles. The first-order valence-electron chi connectivity index (χ1n) is 6.62. The predicted octanol–water partition coefficient (Wildman–Crippen LogP) is 2.72. The van der Waals surface area contributed by atoms with Crippen molar-refractivity contribution >= 4 is 11.6 Å². The van der Waals surface area contributed by atoms with Gasteiger partial charge in [0.05, 0.1) is 0 Å². The van der Waals surface area contributed by atoms with Crippen molar-refractivity contribution in [1.29, 1.82) is 0 Å². The molecule has 102 valence electrons. The number of nitrogens with one attached hydrogen (secondary N) is 2. The Balaban J connectivity index is 1.85. The third-order valence-corrected chi connectivity index (χ3v) is 3.49. The fourth-order valence-corrected chi connectivity index (χ4v) is 2.48. The molecule has 2 N–H and O–H groups in total. The number of carbonyl (C=O) groups excluding carboxylic acids is 1. The maximum absolute atomic E-state index is 12.9. The van der Waals surface area contributed by atoms with Crippen LogP contribution in [0.1, 0.15) is 21.5 Å². The molecule has 0 saturated carbocycles. The number of halogens is 1. The summed E-state index contributed by atoms with van der Waals surface area (Å²) in [4.78, 5) is 12.3. The van der Waals surface area contributed by atoms with Gasteiger partial charge in [0.2, 0.25) is 0 Å². The van der Waals surface area contributed by atoms with Crippen LogP contribution in [0.5, 0.6) is 0 Å². The Labute approximate surface area is 116 Å². The Kier molecular flexibility index (Phi) is 3.48. The highest BCUT2D eigenvalue weighted by molar-refractivity contribution is 6.05. The second-order valence-corrected chi connectivity index (χ2v) is 4.83. The van der Waals surface area contributed by atoms with Crippen molar-refractivity contribution < 1.29 is 9.18 Å². The highest BCUT2D eigenvalue weighted by Crippen LogP contribution is 2.20. The van der Waals surface area contributed by atoms with Gasteiger partial charge in [-0.15, -0.1) is 0 Å². The van der Waals surface area contributed by atoms with Gasteiger partial charge in [-0.1, -0.05) is 12.1 Å². The highest BCUT2D eigenvalue weighted by Gasteiger charge is 2.17. The first-order chi connectivity index (χ1) is 9.74. The summed E-state index contributed by atoms with van der Waals surface area (Å²) in [6, 6.07) is 11.6. The monoisotopic (exact) mass is 270 g/mol. The van der Waals surface area contributed by atoms with Crippen LogP contribution in [-0.4, -0.2) is 12.5 Å². The van der Waals surface area contributed by atoms with Crippen LogP contribution >= 0.6 is 0 Å². The Morgan fingerprint density at radius 2 is 1.95 bits per heavy atom. The number of hydrogen-bond donors (Lipinski definition) is 2. The normalized spacial score (nSPS) is 13.7. The van der Waals surface area contributed by atoms with Crippen molar-refractivity contribution in [3.8, 4) is 0 Å². The van der Waals surface area contributed by atoms with Crippen molar-refractivity contribution in [2.45, 2.75) is 13.0 Å². The lowest BCUT2D eigenvalue weighted by atomic mass is 9.95. The maximum Gasteiger partial charge on any atom is 0.255 e. The van der Waals surface area contributed by atoms with E-state index in [4.69, 9.17) is 0 Å². The molecule has 1 aliphatic heterocycles. The van der Waals surface area contributed by atoms with Crippen molar-refractivity contribution in [3.05, 3.63) is 65.0 Å². The van der Waals surface area contributed by atoms with Crippen molar-refractivity contribution in [3.63, 3.8) is 0 Å². The Morgan fingerprint density at radius 1 is 1.15 bits per heavy atom. The number of amides is 1. The van der Waals surface area contributed by atoms with E-state index in [0.717, 1.165) is 25.1 Å². The topological polar surface area (TPSA) is 41.1 Å². The molecule has 20 heavy (non-hydrogen) atoms.